The third kappa shape index (κ3) is 3.40. The van der Waals surface area contributed by atoms with Gasteiger partial charge in [0.05, 0.1) is 5.56 Å². The van der Waals surface area contributed by atoms with Crippen LogP contribution in [0.15, 0.2) is 36.9 Å². The zero-order chi connectivity index (χ0) is 19.0. The number of nitrogens with one attached hydrogen (secondary N) is 1. The van der Waals surface area contributed by atoms with Crippen LogP contribution in [0.5, 0.6) is 0 Å². The number of carbonyl (C=O) groups excluding carboxylic acids is 2. The minimum atomic E-state index is -0.525. The summed E-state index contributed by atoms with van der Waals surface area (Å²) in [6.07, 6.45) is 5.72. The van der Waals surface area contributed by atoms with Gasteiger partial charge in [-0.15, -0.1) is 11.3 Å². The van der Waals surface area contributed by atoms with Gasteiger partial charge < -0.3 is 5.32 Å². The van der Waals surface area contributed by atoms with Crippen LogP contribution < -0.4 is 5.32 Å². The number of halogens is 1. The van der Waals surface area contributed by atoms with Crippen molar-refractivity contribution in [2.45, 2.75) is 32.2 Å². The highest BCUT2D eigenvalue weighted by Gasteiger charge is 2.29. The number of rotatable bonds is 5. The monoisotopic (exact) mass is 400 g/mol. The Balaban J connectivity index is 1.66. The number of ketones is 1. The highest BCUT2D eigenvalue weighted by molar-refractivity contribution is 7.17. The fourth-order valence-corrected chi connectivity index (χ4v) is 4.65. The molecule has 138 valence electrons. The van der Waals surface area contributed by atoms with Crippen LogP contribution in [-0.4, -0.2) is 26.5 Å². The first kappa shape index (κ1) is 17.9. The summed E-state index contributed by atoms with van der Waals surface area (Å²) in [5.41, 5.74) is 2.23. The Bertz CT molecular complexity index is 996. The lowest BCUT2D eigenvalue weighted by molar-refractivity contribution is -0.119. The smallest absolute Gasteiger partial charge is 0.249 e. The van der Waals surface area contributed by atoms with Crippen LogP contribution in [0.1, 0.15) is 45.7 Å². The number of benzene rings is 1. The number of aromatic nitrogens is 3. The van der Waals surface area contributed by atoms with E-state index in [-0.39, 0.29) is 11.7 Å². The van der Waals surface area contributed by atoms with E-state index in [0.29, 0.717) is 21.2 Å². The average Bonchev–Trinajstić information content (AvgIpc) is 3.38. The van der Waals surface area contributed by atoms with Crippen molar-refractivity contribution >= 4 is 39.6 Å². The summed E-state index contributed by atoms with van der Waals surface area (Å²) in [6, 6.07) is 6.31. The van der Waals surface area contributed by atoms with Crippen molar-refractivity contribution in [3.63, 3.8) is 0 Å². The summed E-state index contributed by atoms with van der Waals surface area (Å²) in [5.74, 6) is -0.319. The summed E-state index contributed by atoms with van der Waals surface area (Å²) >= 11 is 7.43. The molecule has 6 nitrogen and oxygen atoms in total. The fourth-order valence-electron chi connectivity index (χ4n) is 3.23. The Morgan fingerprint density at radius 3 is 2.74 bits per heavy atom. The quantitative estimate of drug-likeness (QED) is 0.658. The van der Waals surface area contributed by atoms with Gasteiger partial charge in [0.25, 0.3) is 0 Å². The van der Waals surface area contributed by atoms with Crippen molar-refractivity contribution in [1.82, 2.24) is 14.8 Å². The first-order valence-corrected chi connectivity index (χ1v) is 9.84. The number of anilines is 1. The second-order valence-corrected chi connectivity index (χ2v) is 7.98. The predicted octanol–water partition coefficient (Wildman–Crippen LogP) is 3.91. The molecule has 1 N–H and O–H groups in total. The molecule has 1 aliphatic carbocycles. The average molecular weight is 401 g/mol. The molecule has 1 aliphatic rings. The van der Waals surface area contributed by atoms with Crippen molar-refractivity contribution in [2.75, 3.05) is 5.32 Å². The highest BCUT2D eigenvalue weighted by Crippen LogP contribution is 2.40. The van der Waals surface area contributed by atoms with E-state index in [1.54, 1.807) is 31.2 Å². The van der Waals surface area contributed by atoms with E-state index in [2.05, 4.69) is 15.4 Å². The van der Waals surface area contributed by atoms with Crippen LogP contribution in [0.3, 0.4) is 0 Å². The Morgan fingerprint density at radius 2 is 2.04 bits per heavy atom. The molecule has 8 heteroatoms. The van der Waals surface area contributed by atoms with Crippen molar-refractivity contribution in [3.05, 3.63) is 63.5 Å². The normalized spacial score (nSPS) is 14.0. The molecule has 1 atom stereocenters. The first-order valence-electron chi connectivity index (χ1n) is 8.64. The van der Waals surface area contributed by atoms with Gasteiger partial charge in [-0.2, -0.15) is 5.10 Å². The zero-order valence-corrected chi connectivity index (χ0v) is 16.2. The Kier molecular flexibility index (Phi) is 4.80. The van der Waals surface area contributed by atoms with Gasteiger partial charge in [-0.05, 0) is 56.0 Å². The van der Waals surface area contributed by atoms with E-state index in [0.717, 1.165) is 24.8 Å². The molecule has 0 saturated heterocycles. The molecule has 3 aromatic rings. The minimum absolute atomic E-state index is 0.0882. The molecular formula is C19H17ClN4O2S. The van der Waals surface area contributed by atoms with E-state index in [9.17, 15) is 9.59 Å². The van der Waals surface area contributed by atoms with Crippen molar-refractivity contribution < 1.29 is 9.59 Å². The lowest BCUT2D eigenvalue weighted by Gasteiger charge is -2.13. The van der Waals surface area contributed by atoms with Crippen molar-refractivity contribution in [3.8, 4) is 0 Å². The largest absolute Gasteiger partial charge is 0.315 e. The van der Waals surface area contributed by atoms with Crippen LogP contribution in [0.25, 0.3) is 0 Å². The van der Waals surface area contributed by atoms with Gasteiger partial charge in [0.15, 0.2) is 5.78 Å². The highest BCUT2D eigenvalue weighted by atomic mass is 35.5. The molecule has 0 bridgehead atoms. The van der Waals surface area contributed by atoms with Crippen LogP contribution in [-0.2, 0) is 17.6 Å². The number of amides is 1. The Labute approximate surface area is 165 Å². The van der Waals surface area contributed by atoms with Gasteiger partial charge in [-0.25, -0.2) is 9.67 Å². The van der Waals surface area contributed by atoms with E-state index in [1.807, 2.05) is 0 Å². The van der Waals surface area contributed by atoms with Crippen molar-refractivity contribution in [2.24, 2.45) is 0 Å². The minimum Gasteiger partial charge on any atom is -0.315 e. The van der Waals surface area contributed by atoms with Gasteiger partial charge in [-0.3, -0.25) is 9.59 Å². The van der Waals surface area contributed by atoms with Crippen molar-refractivity contribution in [1.29, 1.82) is 0 Å². The maximum atomic E-state index is 13.2. The predicted molar refractivity (Wildman–Crippen MR) is 105 cm³/mol. The van der Waals surface area contributed by atoms with Gasteiger partial charge in [0.1, 0.15) is 23.7 Å². The molecule has 0 aliphatic heterocycles. The van der Waals surface area contributed by atoms with Crippen LogP contribution in [0, 0.1) is 0 Å². The lowest BCUT2D eigenvalue weighted by atomic mass is 10.0. The lowest BCUT2D eigenvalue weighted by Crippen LogP contribution is -2.24. The van der Waals surface area contributed by atoms with E-state index >= 15 is 0 Å². The number of nitrogens with zero attached hydrogens (tertiary/aromatic N) is 3. The molecule has 0 saturated carbocycles. The SMILES string of the molecule is CC(C(=O)Nc1sc2c(c1C(=O)c1ccc(Cl)cc1)CCC2)n1cncn1. The van der Waals surface area contributed by atoms with Gasteiger partial charge in [0.2, 0.25) is 5.91 Å². The molecule has 4 rings (SSSR count). The summed E-state index contributed by atoms with van der Waals surface area (Å²) in [7, 11) is 0. The molecular weight excluding hydrogens is 384 g/mol. The maximum absolute atomic E-state index is 13.2. The topological polar surface area (TPSA) is 76.9 Å². The Morgan fingerprint density at radius 1 is 1.26 bits per heavy atom. The summed E-state index contributed by atoms with van der Waals surface area (Å²) in [5, 5.41) is 8.13. The molecule has 0 radical (unpaired) electrons. The number of aryl methyl sites for hydroxylation is 1. The Hall–Kier alpha value is -2.51. The second kappa shape index (κ2) is 7.25. The second-order valence-electron chi connectivity index (χ2n) is 6.44. The molecule has 0 fully saturated rings. The molecule has 1 unspecified atom stereocenters. The number of fused-ring (bicyclic) bond motifs is 1. The number of hydrogen-bond acceptors (Lipinski definition) is 5. The molecule has 1 amide bonds. The number of thiophene rings is 1. The van der Waals surface area contributed by atoms with Crippen LogP contribution >= 0.6 is 22.9 Å². The van der Waals surface area contributed by atoms with E-state index in [1.165, 1.54) is 33.6 Å². The van der Waals surface area contributed by atoms with E-state index in [4.69, 9.17) is 11.6 Å². The first-order chi connectivity index (χ1) is 13.0. The standard InChI is InChI=1S/C19H17ClN4O2S/c1-11(24-10-21-9-22-24)18(26)23-19-16(14-3-2-4-15(14)27-19)17(25)12-5-7-13(20)8-6-12/h5-11H,2-4H2,1H3,(H,23,26). The molecule has 2 heterocycles. The third-order valence-electron chi connectivity index (χ3n) is 4.70. The summed E-state index contributed by atoms with van der Waals surface area (Å²) < 4.78 is 1.48. The molecule has 2 aromatic heterocycles. The van der Waals surface area contributed by atoms with Gasteiger partial charge in [0, 0.05) is 15.5 Å². The van der Waals surface area contributed by atoms with E-state index < -0.39 is 6.04 Å². The van der Waals surface area contributed by atoms with Gasteiger partial charge in [-0.1, -0.05) is 11.6 Å². The third-order valence-corrected chi connectivity index (χ3v) is 6.16. The maximum Gasteiger partial charge on any atom is 0.249 e. The zero-order valence-electron chi connectivity index (χ0n) is 14.6. The molecule has 0 spiro atoms. The van der Waals surface area contributed by atoms with Gasteiger partial charge >= 0.3 is 0 Å². The fraction of sp³-hybridized carbons (Fsp3) is 0.263. The van der Waals surface area contributed by atoms with Crippen LogP contribution in [0.4, 0.5) is 5.00 Å². The summed E-state index contributed by atoms with van der Waals surface area (Å²) in [6.45, 7) is 1.74. The molecule has 27 heavy (non-hydrogen) atoms. The molecule has 1 aromatic carbocycles. The number of carbonyl (C=O) groups is 2. The van der Waals surface area contributed by atoms with Crippen LogP contribution in [0.2, 0.25) is 5.02 Å². The number of hydrogen-bond donors (Lipinski definition) is 1. The summed E-state index contributed by atoms with van der Waals surface area (Å²) in [4.78, 5) is 30.9.